The van der Waals surface area contributed by atoms with Crippen LogP contribution in [-0.2, 0) is 6.54 Å². The van der Waals surface area contributed by atoms with E-state index in [1.165, 1.54) is 57.1 Å². The first-order valence-electron chi connectivity index (χ1n) is 7.66. The van der Waals surface area contributed by atoms with Gasteiger partial charge in [-0.2, -0.15) is 5.10 Å². The molecule has 0 saturated heterocycles. The SMILES string of the molecule is c1cn(C2CCCC2)nc1CNCCCC1CC1. The second-order valence-electron chi connectivity index (χ2n) is 5.99. The Morgan fingerprint density at radius 2 is 2.06 bits per heavy atom. The third-order valence-corrected chi connectivity index (χ3v) is 4.33. The van der Waals surface area contributed by atoms with Crippen molar-refractivity contribution in [1.82, 2.24) is 15.1 Å². The summed E-state index contributed by atoms with van der Waals surface area (Å²) in [6.45, 7) is 2.08. The molecule has 2 aliphatic rings. The minimum Gasteiger partial charge on any atom is -0.311 e. The molecule has 1 aromatic rings. The second kappa shape index (κ2) is 5.87. The lowest BCUT2D eigenvalue weighted by molar-refractivity contribution is 0.460. The Hall–Kier alpha value is -0.830. The maximum Gasteiger partial charge on any atom is 0.0762 e. The summed E-state index contributed by atoms with van der Waals surface area (Å²) in [5, 5.41) is 8.20. The average molecular weight is 247 g/mol. The van der Waals surface area contributed by atoms with Gasteiger partial charge in [0.05, 0.1) is 11.7 Å². The van der Waals surface area contributed by atoms with Gasteiger partial charge in [0.2, 0.25) is 0 Å². The van der Waals surface area contributed by atoms with Gasteiger partial charge in [-0.05, 0) is 44.2 Å². The number of hydrogen-bond acceptors (Lipinski definition) is 2. The Kier molecular flexibility index (Phi) is 3.99. The molecule has 3 heteroatoms. The van der Waals surface area contributed by atoms with Crippen LogP contribution in [0.3, 0.4) is 0 Å². The minimum atomic E-state index is 0.675. The molecule has 0 radical (unpaired) electrons. The fourth-order valence-corrected chi connectivity index (χ4v) is 2.98. The van der Waals surface area contributed by atoms with Crippen LogP contribution in [0.1, 0.15) is 63.1 Å². The highest BCUT2D eigenvalue weighted by molar-refractivity contribution is 4.99. The molecule has 0 aromatic carbocycles. The summed E-state index contributed by atoms with van der Waals surface area (Å²) in [6.07, 6.45) is 13.2. The van der Waals surface area contributed by atoms with Crippen molar-refractivity contribution in [2.45, 2.75) is 64.0 Å². The van der Waals surface area contributed by atoms with Crippen molar-refractivity contribution in [2.24, 2.45) is 5.92 Å². The molecule has 0 unspecified atom stereocenters. The summed E-state index contributed by atoms with van der Waals surface area (Å²) in [7, 11) is 0. The molecule has 2 aliphatic carbocycles. The number of nitrogens with zero attached hydrogens (tertiary/aromatic N) is 2. The maximum absolute atomic E-state index is 4.69. The largest absolute Gasteiger partial charge is 0.311 e. The minimum absolute atomic E-state index is 0.675. The van der Waals surface area contributed by atoms with Crippen LogP contribution in [-0.4, -0.2) is 16.3 Å². The molecule has 1 N–H and O–H groups in total. The van der Waals surface area contributed by atoms with Gasteiger partial charge in [-0.1, -0.05) is 25.7 Å². The summed E-state index contributed by atoms with van der Waals surface area (Å²) < 4.78 is 2.19. The highest BCUT2D eigenvalue weighted by Gasteiger charge is 2.20. The van der Waals surface area contributed by atoms with E-state index in [0.717, 1.165) is 19.0 Å². The van der Waals surface area contributed by atoms with E-state index in [2.05, 4.69) is 22.3 Å². The molecule has 3 rings (SSSR count). The molecule has 18 heavy (non-hydrogen) atoms. The van der Waals surface area contributed by atoms with Gasteiger partial charge in [0, 0.05) is 12.7 Å². The van der Waals surface area contributed by atoms with Gasteiger partial charge in [0.15, 0.2) is 0 Å². The zero-order chi connectivity index (χ0) is 12.2. The molecule has 2 fully saturated rings. The first-order chi connectivity index (χ1) is 8.92. The topological polar surface area (TPSA) is 29.9 Å². The molecule has 0 amide bonds. The summed E-state index contributed by atoms with van der Waals surface area (Å²) in [4.78, 5) is 0. The molecule has 1 aromatic heterocycles. The first kappa shape index (κ1) is 12.2. The third kappa shape index (κ3) is 3.35. The van der Waals surface area contributed by atoms with Crippen LogP contribution >= 0.6 is 0 Å². The van der Waals surface area contributed by atoms with Crippen molar-refractivity contribution < 1.29 is 0 Å². The van der Waals surface area contributed by atoms with Gasteiger partial charge >= 0.3 is 0 Å². The zero-order valence-corrected chi connectivity index (χ0v) is 11.3. The highest BCUT2D eigenvalue weighted by atomic mass is 15.3. The summed E-state index contributed by atoms with van der Waals surface area (Å²) in [5.74, 6) is 1.06. The molecular formula is C15H25N3. The van der Waals surface area contributed by atoms with Crippen molar-refractivity contribution in [3.05, 3.63) is 18.0 Å². The zero-order valence-electron chi connectivity index (χ0n) is 11.3. The standard InChI is InChI=1S/C15H25N3/c1-2-6-15(5-1)18-11-9-14(17-18)12-16-10-3-4-13-7-8-13/h9,11,13,15-16H,1-8,10,12H2. The van der Waals surface area contributed by atoms with Gasteiger partial charge < -0.3 is 5.32 Å². The Balaban J connectivity index is 1.36. The van der Waals surface area contributed by atoms with Crippen molar-refractivity contribution in [1.29, 1.82) is 0 Å². The Morgan fingerprint density at radius 3 is 2.83 bits per heavy atom. The molecule has 0 spiro atoms. The van der Waals surface area contributed by atoms with E-state index in [0.29, 0.717) is 6.04 Å². The molecule has 1 heterocycles. The molecule has 0 atom stereocenters. The van der Waals surface area contributed by atoms with Crippen LogP contribution < -0.4 is 5.32 Å². The normalized spacial score (nSPS) is 20.7. The Morgan fingerprint density at radius 1 is 1.22 bits per heavy atom. The van der Waals surface area contributed by atoms with Gasteiger partial charge in [-0.3, -0.25) is 4.68 Å². The molecule has 100 valence electrons. The fraction of sp³-hybridized carbons (Fsp3) is 0.800. The maximum atomic E-state index is 4.69. The van der Waals surface area contributed by atoms with Crippen LogP contribution in [0.5, 0.6) is 0 Å². The predicted molar refractivity (Wildman–Crippen MR) is 73.4 cm³/mol. The van der Waals surface area contributed by atoms with Crippen LogP contribution in [0.15, 0.2) is 12.3 Å². The van der Waals surface area contributed by atoms with E-state index < -0.39 is 0 Å². The van der Waals surface area contributed by atoms with Crippen LogP contribution in [0, 0.1) is 5.92 Å². The quantitative estimate of drug-likeness (QED) is 0.749. The van der Waals surface area contributed by atoms with Crippen molar-refractivity contribution in [3.8, 4) is 0 Å². The Bertz CT molecular complexity index is 362. The number of hydrogen-bond donors (Lipinski definition) is 1. The molecule has 0 aliphatic heterocycles. The fourth-order valence-electron chi connectivity index (χ4n) is 2.98. The van der Waals surface area contributed by atoms with E-state index >= 15 is 0 Å². The lowest BCUT2D eigenvalue weighted by Gasteiger charge is -2.09. The lowest BCUT2D eigenvalue weighted by atomic mass is 10.2. The summed E-state index contributed by atoms with van der Waals surface area (Å²) in [6, 6.07) is 2.85. The van der Waals surface area contributed by atoms with E-state index in [-0.39, 0.29) is 0 Å². The van der Waals surface area contributed by atoms with Crippen molar-refractivity contribution in [2.75, 3.05) is 6.54 Å². The van der Waals surface area contributed by atoms with E-state index in [1.807, 2.05) is 0 Å². The molecule has 3 nitrogen and oxygen atoms in total. The summed E-state index contributed by atoms with van der Waals surface area (Å²) >= 11 is 0. The third-order valence-electron chi connectivity index (χ3n) is 4.33. The van der Waals surface area contributed by atoms with Crippen LogP contribution in [0.25, 0.3) is 0 Å². The number of nitrogens with one attached hydrogen (secondary N) is 1. The predicted octanol–water partition coefficient (Wildman–Crippen LogP) is 3.28. The van der Waals surface area contributed by atoms with Gasteiger partial charge in [0.1, 0.15) is 0 Å². The Labute approximate surface area is 110 Å². The number of rotatable bonds is 7. The number of aromatic nitrogens is 2. The van der Waals surface area contributed by atoms with Crippen molar-refractivity contribution in [3.63, 3.8) is 0 Å². The average Bonchev–Trinajstić information content (AvgIpc) is 2.89. The van der Waals surface area contributed by atoms with E-state index in [1.54, 1.807) is 0 Å². The molecule has 2 saturated carbocycles. The highest BCUT2D eigenvalue weighted by Crippen LogP contribution is 2.33. The first-order valence-corrected chi connectivity index (χ1v) is 7.66. The van der Waals surface area contributed by atoms with E-state index in [4.69, 9.17) is 5.10 Å². The molecular weight excluding hydrogens is 222 g/mol. The van der Waals surface area contributed by atoms with E-state index in [9.17, 15) is 0 Å². The second-order valence-corrected chi connectivity index (χ2v) is 5.99. The van der Waals surface area contributed by atoms with Gasteiger partial charge in [0.25, 0.3) is 0 Å². The van der Waals surface area contributed by atoms with Crippen molar-refractivity contribution >= 4 is 0 Å². The summed E-state index contributed by atoms with van der Waals surface area (Å²) in [5.41, 5.74) is 1.20. The monoisotopic (exact) mass is 247 g/mol. The van der Waals surface area contributed by atoms with Gasteiger partial charge in [-0.25, -0.2) is 0 Å². The lowest BCUT2D eigenvalue weighted by Crippen LogP contribution is -2.16. The van der Waals surface area contributed by atoms with Crippen LogP contribution in [0.2, 0.25) is 0 Å². The van der Waals surface area contributed by atoms with Crippen LogP contribution in [0.4, 0.5) is 0 Å². The smallest absolute Gasteiger partial charge is 0.0762 e. The van der Waals surface area contributed by atoms with Gasteiger partial charge in [-0.15, -0.1) is 0 Å². The molecule has 0 bridgehead atoms.